The van der Waals surface area contributed by atoms with Crippen LogP contribution < -0.4 is 5.32 Å². The van der Waals surface area contributed by atoms with Crippen molar-refractivity contribution < 1.29 is 15.3 Å². The van der Waals surface area contributed by atoms with Crippen LogP contribution in [0.5, 0.6) is 11.5 Å². The van der Waals surface area contributed by atoms with E-state index in [0.29, 0.717) is 12.1 Å². The van der Waals surface area contributed by atoms with Gasteiger partial charge in [0, 0.05) is 6.54 Å². The Morgan fingerprint density at radius 3 is 2.43 bits per heavy atom. The van der Waals surface area contributed by atoms with Gasteiger partial charge in [0.1, 0.15) is 0 Å². The van der Waals surface area contributed by atoms with E-state index in [0.717, 1.165) is 0 Å². The Bertz CT molecular complexity index is 293. The fourth-order valence-corrected chi connectivity index (χ4v) is 1.06. The van der Waals surface area contributed by atoms with Crippen molar-refractivity contribution >= 4 is 37.7 Å². The van der Waals surface area contributed by atoms with E-state index in [1.54, 1.807) is 13.1 Å². The molecule has 1 aromatic carbocycles. The summed E-state index contributed by atoms with van der Waals surface area (Å²) in [5, 5.41) is 30.4. The number of likely N-dealkylation sites (N-methyl/N-ethyl adjacent to an activating group) is 1. The molecule has 0 fully saturated rings. The molecule has 0 amide bonds. The summed E-state index contributed by atoms with van der Waals surface area (Å²) in [6.45, 7) is 0.407. The van der Waals surface area contributed by atoms with Crippen LogP contribution >= 0.6 is 0 Å². The van der Waals surface area contributed by atoms with E-state index < -0.39 is 6.10 Å². The number of aliphatic hydroxyl groups excluding tert-OH is 1. The van der Waals surface area contributed by atoms with Gasteiger partial charge in [-0.3, -0.25) is 0 Å². The van der Waals surface area contributed by atoms with Gasteiger partial charge in [0.15, 0.2) is 11.5 Å². The first-order valence-corrected chi connectivity index (χ1v) is 3.99. The van der Waals surface area contributed by atoms with Crippen LogP contribution in [0.3, 0.4) is 0 Å². The molecule has 1 aromatic rings. The van der Waals surface area contributed by atoms with Crippen molar-refractivity contribution in [3.05, 3.63) is 23.8 Å². The summed E-state index contributed by atoms with van der Waals surface area (Å²) < 4.78 is 0. The molecule has 1 unspecified atom stereocenters. The van der Waals surface area contributed by atoms with Gasteiger partial charge in [-0.15, -0.1) is 0 Å². The monoisotopic (exact) mass is 225 g/mol. The molecular weight excluding hydrogens is 210 g/mol. The average molecular weight is 225 g/mol. The van der Waals surface area contributed by atoms with Crippen LogP contribution in [0.2, 0.25) is 0 Å². The van der Waals surface area contributed by atoms with Gasteiger partial charge in [-0.1, -0.05) is 6.07 Å². The number of hydrogen-bond donors (Lipinski definition) is 4. The number of nitrogens with one attached hydrogen (secondary N) is 1. The van der Waals surface area contributed by atoms with Crippen LogP contribution in [-0.2, 0) is 0 Å². The molecule has 0 aliphatic heterocycles. The second kappa shape index (κ2) is 6.48. The second-order valence-electron chi connectivity index (χ2n) is 2.82. The third-order valence-electron chi connectivity index (χ3n) is 1.78. The van der Waals surface area contributed by atoms with E-state index >= 15 is 0 Å². The Labute approximate surface area is 113 Å². The van der Waals surface area contributed by atoms with E-state index in [2.05, 4.69) is 5.32 Å². The molecule has 76 valence electrons. The molecule has 14 heavy (non-hydrogen) atoms. The molecule has 5 heteroatoms. The van der Waals surface area contributed by atoms with Crippen molar-refractivity contribution in [2.75, 3.05) is 13.6 Å². The summed E-state index contributed by atoms with van der Waals surface area (Å²) in [5.74, 6) is -0.395. The molecule has 4 nitrogen and oxygen atoms in total. The van der Waals surface area contributed by atoms with Crippen molar-refractivity contribution in [2.45, 2.75) is 6.10 Å². The first kappa shape index (κ1) is 14.0. The van der Waals surface area contributed by atoms with E-state index in [1.165, 1.54) is 12.1 Å². The van der Waals surface area contributed by atoms with Crippen molar-refractivity contribution in [1.29, 1.82) is 0 Å². The van der Waals surface area contributed by atoms with E-state index in [-0.39, 0.29) is 49.2 Å². The number of benzene rings is 1. The molecule has 0 aliphatic rings. The van der Waals surface area contributed by atoms with Crippen molar-refractivity contribution in [1.82, 2.24) is 5.32 Å². The van der Waals surface area contributed by atoms with Crippen LogP contribution in [0.25, 0.3) is 0 Å². The van der Waals surface area contributed by atoms with Gasteiger partial charge in [0.2, 0.25) is 0 Å². The number of phenolic OH excluding ortho intramolecular Hbond substituents is 2. The molecule has 0 bridgehead atoms. The summed E-state index contributed by atoms with van der Waals surface area (Å²) in [7, 11) is 1.73. The van der Waals surface area contributed by atoms with Crippen LogP contribution in [0, 0.1) is 0 Å². The summed E-state index contributed by atoms with van der Waals surface area (Å²) in [6.07, 6.45) is -0.670. The molecule has 0 spiro atoms. The number of rotatable bonds is 3. The van der Waals surface area contributed by atoms with Crippen molar-refractivity contribution in [3.8, 4) is 11.5 Å². The van der Waals surface area contributed by atoms with Crippen LogP contribution in [0.15, 0.2) is 18.2 Å². The van der Waals surface area contributed by atoms with Gasteiger partial charge in [0.05, 0.1) is 6.10 Å². The van der Waals surface area contributed by atoms with E-state index in [1.807, 2.05) is 0 Å². The zero-order valence-corrected chi connectivity index (χ0v) is 7.36. The molecule has 1 atom stereocenters. The zero-order valence-electron chi connectivity index (χ0n) is 7.36. The summed E-state index contributed by atoms with van der Waals surface area (Å²) >= 11 is 0. The Morgan fingerprint density at radius 1 is 1.29 bits per heavy atom. The van der Waals surface area contributed by atoms with Gasteiger partial charge in [-0.05, 0) is 24.7 Å². The molecule has 0 saturated carbocycles. The van der Waals surface area contributed by atoms with Crippen molar-refractivity contribution in [2.24, 2.45) is 0 Å². The van der Waals surface area contributed by atoms with E-state index in [4.69, 9.17) is 10.2 Å². The molecule has 0 heterocycles. The van der Waals surface area contributed by atoms with Crippen LogP contribution in [-0.4, -0.2) is 66.7 Å². The number of aliphatic hydroxyl groups is 1. The summed E-state index contributed by atoms with van der Waals surface area (Å²) in [6, 6.07) is 4.26. The maximum atomic E-state index is 9.48. The Kier molecular flexibility index (Phi) is 6.48. The molecule has 1 rings (SSSR count). The second-order valence-corrected chi connectivity index (χ2v) is 2.82. The quantitative estimate of drug-likeness (QED) is 0.411. The number of hydrogen-bond acceptors (Lipinski definition) is 4. The minimum absolute atomic E-state index is 0. The van der Waals surface area contributed by atoms with Crippen LogP contribution in [0.4, 0.5) is 0 Å². The molecule has 0 aliphatic carbocycles. The molecule has 4 N–H and O–H groups in total. The average Bonchev–Trinajstić information content (AvgIpc) is 2.10. The SMILES string of the molecule is CNCC(O)c1ccc(O)c(O)c1.[CaH2]. The molecule has 0 saturated heterocycles. The predicted octanol–water partition coefficient (Wildman–Crippen LogP) is -0.566. The van der Waals surface area contributed by atoms with Gasteiger partial charge in [-0.25, -0.2) is 0 Å². The number of phenols is 2. The predicted molar refractivity (Wildman–Crippen MR) is 57.2 cm³/mol. The third kappa shape index (κ3) is 3.63. The van der Waals surface area contributed by atoms with E-state index in [9.17, 15) is 5.11 Å². The molecule has 0 aromatic heterocycles. The topological polar surface area (TPSA) is 72.7 Å². The fourth-order valence-electron chi connectivity index (χ4n) is 1.06. The van der Waals surface area contributed by atoms with Gasteiger partial charge in [0.25, 0.3) is 0 Å². The Balaban J connectivity index is 0.00000169. The number of aromatic hydroxyl groups is 2. The molecular formula is C9H15CaNO3. The standard InChI is InChI=1S/C9H13NO3.Ca.2H/c1-10-5-9(13)6-2-3-7(11)8(12)4-6;;;/h2-4,9-13H,5H2,1H3;;;. The zero-order chi connectivity index (χ0) is 9.84. The first-order chi connectivity index (χ1) is 6.15. The summed E-state index contributed by atoms with van der Waals surface area (Å²) in [5.41, 5.74) is 0.574. The third-order valence-corrected chi connectivity index (χ3v) is 1.78. The fraction of sp³-hybridized carbons (Fsp3) is 0.333. The van der Waals surface area contributed by atoms with Gasteiger partial charge in [-0.2, -0.15) is 0 Å². The first-order valence-electron chi connectivity index (χ1n) is 3.99. The Morgan fingerprint density at radius 2 is 1.93 bits per heavy atom. The van der Waals surface area contributed by atoms with Crippen molar-refractivity contribution in [3.63, 3.8) is 0 Å². The minimum atomic E-state index is -0.670. The normalized spacial score (nSPS) is 11.9. The van der Waals surface area contributed by atoms with Gasteiger partial charge >= 0.3 is 37.7 Å². The van der Waals surface area contributed by atoms with Crippen LogP contribution in [0.1, 0.15) is 11.7 Å². The maximum absolute atomic E-state index is 9.48. The van der Waals surface area contributed by atoms with Gasteiger partial charge < -0.3 is 20.6 Å². The Hall–Kier alpha value is -0.000260. The summed E-state index contributed by atoms with van der Waals surface area (Å²) in [4.78, 5) is 0. The molecule has 0 radical (unpaired) electrons.